The maximum Gasteiger partial charge on any atom is 0.267 e. The van der Waals surface area contributed by atoms with E-state index < -0.39 is 0 Å². The lowest BCUT2D eigenvalue weighted by atomic mass is 10.1. The van der Waals surface area contributed by atoms with Crippen molar-refractivity contribution in [2.45, 2.75) is 18.1 Å². The van der Waals surface area contributed by atoms with Crippen molar-refractivity contribution >= 4 is 44.9 Å². The first-order chi connectivity index (χ1) is 16.5. The van der Waals surface area contributed by atoms with Gasteiger partial charge in [0.25, 0.3) is 5.56 Å². The normalized spacial score (nSPS) is 13.6. The number of aromatic nitrogens is 2. The zero-order chi connectivity index (χ0) is 23.7. The first kappa shape index (κ1) is 22.6. The van der Waals surface area contributed by atoms with Crippen LogP contribution in [-0.4, -0.2) is 46.8 Å². The van der Waals surface area contributed by atoms with Crippen molar-refractivity contribution < 1.29 is 9.53 Å². The molecule has 2 aromatic carbocycles. The molecule has 34 heavy (non-hydrogen) atoms. The van der Waals surface area contributed by atoms with Crippen LogP contribution in [0.15, 0.2) is 64.5 Å². The molecule has 9 heteroatoms. The molecule has 0 atom stereocenters. The number of hydrogen-bond acceptors (Lipinski definition) is 7. The van der Waals surface area contributed by atoms with Crippen molar-refractivity contribution in [3.63, 3.8) is 0 Å². The molecule has 0 unspecified atom stereocenters. The van der Waals surface area contributed by atoms with E-state index in [9.17, 15) is 9.59 Å². The van der Waals surface area contributed by atoms with Crippen LogP contribution >= 0.6 is 23.1 Å². The molecule has 2 aromatic heterocycles. The molecule has 1 amide bonds. The van der Waals surface area contributed by atoms with Crippen LogP contribution in [0, 0.1) is 0 Å². The molecule has 0 saturated carbocycles. The number of fused-ring (bicyclic) bond motifs is 3. The van der Waals surface area contributed by atoms with Gasteiger partial charge in [-0.15, -0.1) is 11.3 Å². The maximum absolute atomic E-state index is 13.8. The van der Waals surface area contributed by atoms with E-state index in [1.165, 1.54) is 16.6 Å². The number of carbonyl (C=O) groups excluding carboxylic acids is 1. The molecule has 0 fully saturated rings. The number of ether oxygens (including phenoxy) is 1. The number of para-hydroxylation sites is 1. The van der Waals surface area contributed by atoms with Crippen molar-refractivity contribution in [3.8, 4) is 11.4 Å². The van der Waals surface area contributed by atoms with Gasteiger partial charge < -0.3 is 15.0 Å². The molecule has 1 aliphatic heterocycles. The second-order valence-corrected chi connectivity index (χ2v) is 10.1. The van der Waals surface area contributed by atoms with E-state index in [1.807, 2.05) is 30.3 Å². The smallest absolute Gasteiger partial charge is 0.267 e. The second-order valence-electron chi connectivity index (χ2n) is 8.11. The monoisotopic (exact) mass is 492 g/mol. The Hall–Kier alpha value is -3.14. The number of thiophene rings is 1. The average Bonchev–Trinajstić information content (AvgIpc) is 3.21. The minimum Gasteiger partial charge on any atom is -0.497 e. The van der Waals surface area contributed by atoms with Gasteiger partial charge in [-0.05, 0) is 55.4 Å². The van der Waals surface area contributed by atoms with Crippen LogP contribution in [0.1, 0.15) is 10.4 Å². The summed E-state index contributed by atoms with van der Waals surface area (Å²) in [4.78, 5) is 35.5. The number of hydrogen-bond donors (Lipinski definition) is 1. The number of nitrogens with one attached hydrogen (secondary N) is 1. The summed E-state index contributed by atoms with van der Waals surface area (Å²) in [7, 11) is 3.69. The number of anilines is 1. The van der Waals surface area contributed by atoms with Crippen LogP contribution in [0.2, 0.25) is 0 Å². The van der Waals surface area contributed by atoms with E-state index in [0.29, 0.717) is 16.2 Å². The van der Waals surface area contributed by atoms with Gasteiger partial charge in [0.15, 0.2) is 5.16 Å². The lowest BCUT2D eigenvalue weighted by molar-refractivity contribution is -0.113. The summed E-state index contributed by atoms with van der Waals surface area (Å²) in [5.74, 6) is 0.683. The molecule has 0 aliphatic carbocycles. The average molecular weight is 493 g/mol. The van der Waals surface area contributed by atoms with Crippen molar-refractivity contribution in [2.24, 2.45) is 0 Å². The van der Waals surface area contributed by atoms with E-state index in [-0.39, 0.29) is 17.2 Å². The molecule has 1 aliphatic rings. The van der Waals surface area contributed by atoms with Gasteiger partial charge in [0.2, 0.25) is 5.91 Å². The highest BCUT2D eigenvalue weighted by molar-refractivity contribution is 7.99. The van der Waals surface area contributed by atoms with Gasteiger partial charge in [-0.1, -0.05) is 30.0 Å². The second kappa shape index (κ2) is 9.61. The Bertz CT molecular complexity index is 1400. The van der Waals surface area contributed by atoms with Crippen LogP contribution < -0.4 is 15.6 Å². The molecule has 0 saturated heterocycles. The standard InChI is InChI=1S/C25H24N4O3S2/c1-28-13-12-19-20(14-28)34-23-22(19)24(31)29(17-6-4-3-5-7-17)25(27-23)33-15-21(30)26-16-8-10-18(32-2)11-9-16/h3-11H,12-15H2,1-2H3,(H,26,30). The molecule has 0 spiro atoms. The van der Waals surface area contributed by atoms with Crippen molar-refractivity contribution in [1.82, 2.24) is 14.5 Å². The van der Waals surface area contributed by atoms with Crippen LogP contribution in [0.4, 0.5) is 5.69 Å². The van der Waals surface area contributed by atoms with E-state index >= 15 is 0 Å². The van der Waals surface area contributed by atoms with E-state index in [2.05, 4.69) is 17.3 Å². The van der Waals surface area contributed by atoms with E-state index in [1.54, 1.807) is 47.3 Å². The lowest BCUT2D eigenvalue weighted by Crippen LogP contribution is -2.27. The fourth-order valence-corrected chi connectivity index (χ4v) is 6.21. The first-order valence-corrected chi connectivity index (χ1v) is 12.7. The number of benzene rings is 2. The highest BCUT2D eigenvalue weighted by Crippen LogP contribution is 2.34. The Kier molecular flexibility index (Phi) is 6.40. The first-order valence-electron chi connectivity index (χ1n) is 10.9. The van der Waals surface area contributed by atoms with Crippen molar-refractivity contribution in [3.05, 3.63) is 75.4 Å². The predicted octanol–water partition coefficient (Wildman–Crippen LogP) is 4.17. The molecular weight excluding hydrogens is 468 g/mol. The summed E-state index contributed by atoms with van der Waals surface area (Å²) in [5, 5.41) is 4.11. The molecule has 0 radical (unpaired) electrons. The molecular formula is C25H24N4O3S2. The number of carbonyl (C=O) groups is 1. The quantitative estimate of drug-likeness (QED) is 0.322. The van der Waals surface area contributed by atoms with Crippen molar-refractivity contribution in [1.29, 1.82) is 0 Å². The van der Waals surface area contributed by atoms with Gasteiger partial charge in [-0.2, -0.15) is 0 Å². The van der Waals surface area contributed by atoms with Gasteiger partial charge in [-0.25, -0.2) is 4.98 Å². The molecule has 7 nitrogen and oxygen atoms in total. The Morgan fingerprint density at radius 3 is 2.68 bits per heavy atom. The predicted molar refractivity (Wildman–Crippen MR) is 138 cm³/mol. The Morgan fingerprint density at radius 2 is 1.94 bits per heavy atom. The van der Waals surface area contributed by atoms with Crippen LogP contribution in [0.25, 0.3) is 15.9 Å². The highest BCUT2D eigenvalue weighted by atomic mass is 32.2. The zero-order valence-corrected chi connectivity index (χ0v) is 20.5. The minimum absolute atomic E-state index is 0.0729. The summed E-state index contributed by atoms with van der Waals surface area (Å²) in [6.07, 6.45) is 0.842. The molecule has 3 heterocycles. The van der Waals surface area contributed by atoms with Gasteiger partial charge in [0.1, 0.15) is 10.6 Å². The third-order valence-corrected chi connectivity index (χ3v) is 7.80. The van der Waals surface area contributed by atoms with Crippen LogP contribution in [-0.2, 0) is 17.8 Å². The van der Waals surface area contributed by atoms with Gasteiger partial charge in [0, 0.05) is 23.7 Å². The highest BCUT2D eigenvalue weighted by Gasteiger charge is 2.24. The number of rotatable bonds is 6. The number of methoxy groups -OCH3 is 1. The summed E-state index contributed by atoms with van der Waals surface area (Å²) in [6, 6.07) is 16.7. The fraction of sp³-hybridized carbons (Fsp3) is 0.240. The summed E-state index contributed by atoms with van der Waals surface area (Å²) >= 11 is 2.85. The molecule has 0 bridgehead atoms. The van der Waals surface area contributed by atoms with Crippen LogP contribution in [0.5, 0.6) is 5.75 Å². The fourth-order valence-electron chi connectivity index (χ4n) is 4.05. The summed E-state index contributed by atoms with van der Waals surface area (Å²) in [5.41, 5.74) is 2.48. The third-order valence-electron chi connectivity index (χ3n) is 5.76. The topological polar surface area (TPSA) is 76.5 Å². The molecule has 174 valence electrons. The van der Waals surface area contributed by atoms with Crippen LogP contribution in [0.3, 0.4) is 0 Å². The number of thioether (sulfide) groups is 1. The summed E-state index contributed by atoms with van der Waals surface area (Å²) in [6.45, 7) is 1.75. The Balaban J connectivity index is 1.48. The lowest BCUT2D eigenvalue weighted by Gasteiger charge is -2.21. The van der Waals surface area contributed by atoms with Crippen molar-refractivity contribution in [2.75, 3.05) is 31.8 Å². The number of amides is 1. The molecule has 5 rings (SSSR count). The third kappa shape index (κ3) is 4.46. The maximum atomic E-state index is 13.8. The SMILES string of the molecule is COc1ccc(NC(=O)CSc2nc3sc4c(c3c(=O)n2-c2ccccc2)CCN(C)C4)cc1. The Labute approximate surface area is 205 Å². The molecule has 4 aromatic rings. The number of nitrogens with zero attached hydrogens (tertiary/aromatic N) is 3. The Morgan fingerprint density at radius 1 is 1.18 bits per heavy atom. The zero-order valence-electron chi connectivity index (χ0n) is 18.9. The largest absolute Gasteiger partial charge is 0.497 e. The number of likely N-dealkylation sites (N-methyl/N-ethyl adjacent to an activating group) is 1. The van der Waals surface area contributed by atoms with Gasteiger partial charge >= 0.3 is 0 Å². The van der Waals surface area contributed by atoms with E-state index in [0.717, 1.165) is 41.3 Å². The van der Waals surface area contributed by atoms with Gasteiger partial charge in [-0.3, -0.25) is 14.2 Å². The molecule has 1 N–H and O–H groups in total. The minimum atomic E-state index is -0.170. The van der Waals surface area contributed by atoms with E-state index in [4.69, 9.17) is 9.72 Å². The summed E-state index contributed by atoms with van der Waals surface area (Å²) < 4.78 is 6.80. The van der Waals surface area contributed by atoms with Gasteiger partial charge in [0.05, 0.1) is 23.9 Å².